The van der Waals surface area contributed by atoms with Crippen molar-refractivity contribution in [3.8, 4) is 11.6 Å². The van der Waals surface area contributed by atoms with Gasteiger partial charge in [0.05, 0.1) is 12.6 Å². The van der Waals surface area contributed by atoms with Crippen LogP contribution in [0.2, 0.25) is 5.02 Å². The van der Waals surface area contributed by atoms with E-state index in [-0.39, 0.29) is 11.8 Å². The molecule has 10 heteroatoms. The maximum Gasteiger partial charge on any atom is 0.354 e. The number of pyridine rings is 1. The summed E-state index contributed by atoms with van der Waals surface area (Å²) in [6.45, 7) is 1.31. The number of carbonyl (C=O) groups is 1. The Morgan fingerprint density at radius 1 is 0.974 bits per heavy atom. The van der Waals surface area contributed by atoms with Crippen molar-refractivity contribution in [3.05, 3.63) is 106 Å². The second-order valence-corrected chi connectivity index (χ2v) is 9.74. The van der Waals surface area contributed by atoms with Gasteiger partial charge in [-0.15, -0.1) is 0 Å². The van der Waals surface area contributed by atoms with E-state index in [1.807, 2.05) is 53.1 Å². The van der Waals surface area contributed by atoms with E-state index in [0.29, 0.717) is 53.0 Å². The first-order chi connectivity index (χ1) is 19.0. The van der Waals surface area contributed by atoms with Crippen LogP contribution in [-0.4, -0.2) is 48.3 Å². The zero-order valence-corrected chi connectivity index (χ0v) is 21.6. The standard InChI is InChI=1S/C29H24ClN5O4/c30-20-5-1-18(2-6-20)15-25-31-13-11-27(34-25)39-21-7-3-19(4-8-21)16-26-32-23-9-10-24(29(36)37)33-28(23)35(26)17-22-12-14-38-22/h1-11,13,22H,12,14-17H2,(H,36,37). The van der Waals surface area contributed by atoms with Crippen LogP contribution in [0.1, 0.15) is 39.7 Å². The molecule has 39 heavy (non-hydrogen) atoms. The molecule has 1 fully saturated rings. The number of benzene rings is 2. The Morgan fingerprint density at radius 2 is 1.72 bits per heavy atom. The Morgan fingerprint density at radius 3 is 2.44 bits per heavy atom. The van der Waals surface area contributed by atoms with E-state index in [1.165, 1.54) is 6.07 Å². The van der Waals surface area contributed by atoms with Gasteiger partial charge in [0.25, 0.3) is 0 Å². The molecule has 0 spiro atoms. The zero-order valence-electron chi connectivity index (χ0n) is 20.8. The number of carboxylic acid groups (broad SMARTS) is 1. The summed E-state index contributed by atoms with van der Waals surface area (Å²) in [5.41, 5.74) is 3.29. The topological polar surface area (TPSA) is 112 Å². The Labute approximate surface area is 229 Å². The second-order valence-electron chi connectivity index (χ2n) is 9.30. The van der Waals surface area contributed by atoms with Crippen LogP contribution >= 0.6 is 11.6 Å². The van der Waals surface area contributed by atoms with Gasteiger partial charge in [-0.3, -0.25) is 0 Å². The fourth-order valence-corrected chi connectivity index (χ4v) is 4.54. The van der Waals surface area contributed by atoms with Crippen molar-refractivity contribution in [2.24, 2.45) is 0 Å². The summed E-state index contributed by atoms with van der Waals surface area (Å²) < 4.78 is 13.6. The monoisotopic (exact) mass is 541 g/mol. The van der Waals surface area contributed by atoms with Crippen molar-refractivity contribution < 1.29 is 19.4 Å². The van der Waals surface area contributed by atoms with Gasteiger partial charge in [-0.25, -0.2) is 19.7 Å². The van der Waals surface area contributed by atoms with Crippen LogP contribution in [0.25, 0.3) is 11.2 Å². The van der Waals surface area contributed by atoms with E-state index in [4.69, 9.17) is 26.1 Å². The second kappa shape index (κ2) is 10.8. The number of carboxylic acids is 1. The summed E-state index contributed by atoms with van der Waals surface area (Å²) in [6, 6.07) is 20.2. The highest BCUT2D eigenvalue weighted by Gasteiger charge is 2.23. The van der Waals surface area contributed by atoms with Gasteiger partial charge in [0.2, 0.25) is 5.88 Å². The molecule has 0 aliphatic carbocycles. The molecule has 1 saturated heterocycles. The van der Waals surface area contributed by atoms with E-state index in [1.54, 1.807) is 18.3 Å². The van der Waals surface area contributed by atoms with Gasteiger partial charge < -0.3 is 19.1 Å². The van der Waals surface area contributed by atoms with Gasteiger partial charge >= 0.3 is 5.97 Å². The summed E-state index contributed by atoms with van der Waals surface area (Å²) in [6.07, 6.45) is 3.83. The van der Waals surface area contributed by atoms with E-state index in [0.717, 1.165) is 30.0 Å². The van der Waals surface area contributed by atoms with Crippen molar-refractivity contribution in [2.75, 3.05) is 6.61 Å². The summed E-state index contributed by atoms with van der Waals surface area (Å²) in [7, 11) is 0. The molecule has 196 valence electrons. The predicted octanol–water partition coefficient (Wildman–Crippen LogP) is 5.34. The third-order valence-electron chi connectivity index (χ3n) is 6.53. The highest BCUT2D eigenvalue weighted by atomic mass is 35.5. The Bertz CT molecular complexity index is 1630. The van der Waals surface area contributed by atoms with Crippen molar-refractivity contribution in [1.29, 1.82) is 0 Å². The molecule has 5 aromatic rings. The van der Waals surface area contributed by atoms with Gasteiger partial charge in [0.1, 0.15) is 22.9 Å². The average molecular weight is 542 g/mol. The number of imidazole rings is 1. The summed E-state index contributed by atoms with van der Waals surface area (Å²) in [5, 5.41) is 10.1. The lowest BCUT2D eigenvalue weighted by Gasteiger charge is -2.27. The first-order valence-electron chi connectivity index (χ1n) is 12.5. The number of rotatable bonds is 9. The molecule has 3 aromatic heterocycles. The number of hydrogen-bond acceptors (Lipinski definition) is 7. The number of halogens is 1. The Balaban J connectivity index is 1.18. The number of nitrogens with zero attached hydrogens (tertiary/aromatic N) is 5. The van der Waals surface area contributed by atoms with Crippen molar-refractivity contribution in [3.63, 3.8) is 0 Å². The molecular weight excluding hydrogens is 518 g/mol. The SMILES string of the molecule is O=C(O)c1ccc2nc(Cc3ccc(Oc4ccnc(Cc5ccc(Cl)cc5)n4)cc3)n(CC3CCO3)c2n1. The van der Waals surface area contributed by atoms with E-state index >= 15 is 0 Å². The molecule has 0 amide bonds. The van der Waals surface area contributed by atoms with Crippen LogP contribution < -0.4 is 4.74 Å². The Kier molecular flexibility index (Phi) is 6.91. The minimum Gasteiger partial charge on any atom is -0.477 e. The van der Waals surface area contributed by atoms with E-state index < -0.39 is 5.97 Å². The smallest absolute Gasteiger partial charge is 0.354 e. The largest absolute Gasteiger partial charge is 0.477 e. The number of aromatic carboxylic acids is 1. The summed E-state index contributed by atoms with van der Waals surface area (Å²) >= 11 is 5.97. The van der Waals surface area contributed by atoms with Crippen molar-refractivity contribution in [1.82, 2.24) is 24.5 Å². The predicted molar refractivity (Wildman–Crippen MR) is 144 cm³/mol. The van der Waals surface area contributed by atoms with E-state index in [2.05, 4.69) is 15.0 Å². The average Bonchev–Trinajstić information content (AvgIpc) is 3.25. The van der Waals surface area contributed by atoms with Crippen LogP contribution in [0, 0.1) is 0 Å². The molecule has 1 unspecified atom stereocenters. The van der Waals surface area contributed by atoms with Crippen molar-refractivity contribution >= 4 is 28.7 Å². The quantitative estimate of drug-likeness (QED) is 0.266. The minimum absolute atomic E-state index is 0.00715. The molecule has 9 nitrogen and oxygen atoms in total. The lowest BCUT2D eigenvalue weighted by atomic mass is 10.1. The fourth-order valence-electron chi connectivity index (χ4n) is 4.41. The van der Waals surface area contributed by atoms with Crippen LogP contribution in [0.5, 0.6) is 11.6 Å². The molecule has 1 aliphatic rings. The third kappa shape index (κ3) is 5.74. The fraction of sp³-hybridized carbons (Fsp3) is 0.207. The number of aromatic nitrogens is 5. The van der Waals surface area contributed by atoms with Gasteiger partial charge in [0.15, 0.2) is 11.3 Å². The maximum absolute atomic E-state index is 11.5. The van der Waals surface area contributed by atoms with Gasteiger partial charge in [-0.05, 0) is 53.9 Å². The van der Waals surface area contributed by atoms with Crippen LogP contribution in [-0.2, 0) is 24.1 Å². The van der Waals surface area contributed by atoms with Crippen LogP contribution in [0.3, 0.4) is 0 Å². The first kappa shape index (κ1) is 25.0. The van der Waals surface area contributed by atoms with Gasteiger partial charge in [0, 0.05) is 36.7 Å². The molecule has 1 N–H and O–H groups in total. The molecule has 0 saturated carbocycles. The maximum atomic E-state index is 11.5. The molecule has 2 aromatic carbocycles. The van der Waals surface area contributed by atoms with Gasteiger partial charge in [-0.2, -0.15) is 4.98 Å². The normalized spacial score (nSPS) is 14.7. The van der Waals surface area contributed by atoms with Crippen LogP contribution in [0.15, 0.2) is 72.9 Å². The number of fused-ring (bicyclic) bond motifs is 1. The lowest BCUT2D eigenvalue weighted by molar-refractivity contribution is -0.0590. The highest BCUT2D eigenvalue weighted by Crippen LogP contribution is 2.24. The zero-order chi connectivity index (χ0) is 26.8. The Hall–Kier alpha value is -4.34. The summed E-state index contributed by atoms with van der Waals surface area (Å²) in [5.74, 6) is 1.50. The molecule has 4 heterocycles. The van der Waals surface area contributed by atoms with Crippen LogP contribution in [0.4, 0.5) is 0 Å². The summed E-state index contributed by atoms with van der Waals surface area (Å²) in [4.78, 5) is 29.5. The number of ether oxygens (including phenoxy) is 2. The number of hydrogen-bond donors (Lipinski definition) is 1. The molecule has 1 aliphatic heterocycles. The first-order valence-corrected chi connectivity index (χ1v) is 12.9. The van der Waals surface area contributed by atoms with E-state index in [9.17, 15) is 9.90 Å². The molecule has 0 radical (unpaired) electrons. The minimum atomic E-state index is -1.07. The lowest BCUT2D eigenvalue weighted by Crippen LogP contribution is -2.32. The molecule has 6 rings (SSSR count). The molecule has 1 atom stereocenters. The molecular formula is C29H24ClN5O4. The van der Waals surface area contributed by atoms with Gasteiger partial charge in [-0.1, -0.05) is 35.9 Å². The highest BCUT2D eigenvalue weighted by molar-refractivity contribution is 6.30. The van der Waals surface area contributed by atoms with Crippen molar-refractivity contribution in [2.45, 2.75) is 31.9 Å². The third-order valence-corrected chi connectivity index (χ3v) is 6.79. The molecule has 0 bridgehead atoms.